The molecular formula is C16H17BrN4O2. The van der Waals surface area contributed by atoms with Crippen molar-refractivity contribution >= 4 is 26.9 Å². The highest BCUT2D eigenvalue weighted by molar-refractivity contribution is 9.10. The number of piperazine rings is 1. The molecule has 23 heavy (non-hydrogen) atoms. The number of likely N-dealkylation sites (N-methyl/N-ethyl adjacent to an activating group) is 1. The van der Waals surface area contributed by atoms with Gasteiger partial charge in [0.05, 0.1) is 6.04 Å². The van der Waals surface area contributed by atoms with Crippen LogP contribution < -0.4 is 5.32 Å². The maximum Gasteiger partial charge on any atom is 0.294 e. The Balaban J connectivity index is 1.73. The van der Waals surface area contributed by atoms with E-state index in [0.717, 1.165) is 40.6 Å². The minimum atomic E-state index is 0.125. The summed E-state index contributed by atoms with van der Waals surface area (Å²) in [7, 11) is 2.07. The van der Waals surface area contributed by atoms with Crippen LogP contribution in [0.25, 0.3) is 22.6 Å². The van der Waals surface area contributed by atoms with Crippen molar-refractivity contribution in [2.24, 2.45) is 0 Å². The number of aryl methyl sites for hydroxylation is 1. The van der Waals surface area contributed by atoms with Crippen molar-refractivity contribution < 1.29 is 8.94 Å². The van der Waals surface area contributed by atoms with Crippen LogP contribution in [0.5, 0.6) is 0 Å². The van der Waals surface area contributed by atoms with Gasteiger partial charge in [-0.15, -0.1) is 0 Å². The highest BCUT2D eigenvalue weighted by atomic mass is 79.9. The highest BCUT2D eigenvalue weighted by Crippen LogP contribution is 2.34. The molecule has 1 aromatic carbocycles. The van der Waals surface area contributed by atoms with Gasteiger partial charge < -0.3 is 14.3 Å². The molecule has 1 fully saturated rings. The van der Waals surface area contributed by atoms with Gasteiger partial charge in [-0.1, -0.05) is 21.1 Å². The Morgan fingerprint density at radius 1 is 1.39 bits per heavy atom. The number of benzene rings is 1. The first-order valence-corrected chi connectivity index (χ1v) is 8.36. The largest absolute Gasteiger partial charge is 0.451 e. The first kappa shape index (κ1) is 14.9. The van der Waals surface area contributed by atoms with E-state index in [4.69, 9.17) is 8.94 Å². The third kappa shape index (κ3) is 2.58. The van der Waals surface area contributed by atoms with Crippen LogP contribution in [0, 0.1) is 6.92 Å². The Morgan fingerprint density at radius 2 is 2.26 bits per heavy atom. The van der Waals surface area contributed by atoms with Crippen molar-refractivity contribution in [1.29, 1.82) is 0 Å². The SMILES string of the molecule is Cc1c(-c2nc(C3CNCCN3C)no2)oc2ccc(Br)cc12. The number of nitrogens with one attached hydrogen (secondary N) is 1. The van der Waals surface area contributed by atoms with E-state index in [1.54, 1.807) is 0 Å². The number of rotatable bonds is 2. The van der Waals surface area contributed by atoms with Crippen LogP contribution in [-0.4, -0.2) is 41.7 Å². The van der Waals surface area contributed by atoms with Crippen LogP contribution in [0.1, 0.15) is 17.4 Å². The normalized spacial score (nSPS) is 19.5. The average Bonchev–Trinajstić information content (AvgIpc) is 3.13. The zero-order chi connectivity index (χ0) is 16.0. The fraction of sp³-hybridized carbons (Fsp3) is 0.375. The number of halogens is 1. The monoisotopic (exact) mass is 376 g/mol. The predicted molar refractivity (Wildman–Crippen MR) is 90.2 cm³/mol. The second-order valence-corrected chi connectivity index (χ2v) is 6.77. The van der Waals surface area contributed by atoms with Crippen LogP contribution in [-0.2, 0) is 0 Å². The maximum absolute atomic E-state index is 5.92. The standard InChI is InChI=1S/C16H17BrN4O2/c1-9-11-7-10(17)3-4-13(11)22-14(9)16-19-15(20-23-16)12-8-18-5-6-21(12)2/h3-4,7,12,18H,5-6,8H2,1-2H3. The quantitative estimate of drug-likeness (QED) is 0.740. The van der Waals surface area contributed by atoms with Gasteiger partial charge in [0, 0.05) is 35.1 Å². The van der Waals surface area contributed by atoms with Crippen LogP contribution >= 0.6 is 15.9 Å². The fourth-order valence-corrected chi connectivity index (χ4v) is 3.31. The van der Waals surface area contributed by atoms with Crippen LogP contribution in [0.3, 0.4) is 0 Å². The predicted octanol–water partition coefficient (Wildman–Crippen LogP) is 3.13. The molecule has 7 heteroatoms. The molecule has 6 nitrogen and oxygen atoms in total. The van der Waals surface area contributed by atoms with Gasteiger partial charge in [-0.2, -0.15) is 4.98 Å². The molecule has 1 aliphatic heterocycles. The summed E-state index contributed by atoms with van der Waals surface area (Å²) < 4.78 is 12.4. The van der Waals surface area contributed by atoms with E-state index in [2.05, 4.69) is 43.3 Å². The van der Waals surface area contributed by atoms with Crippen molar-refractivity contribution in [1.82, 2.24) is 20.4 Å². The van der Waals surface area contributed by atoms with Crippen molar-refractivity contribution in [3.63, 3.8) is 0 Å². The van der Waals surface area contributed by atoms with Crippen LogP contribution in [0.15, 0.2) is 31.6 Å². The van der Waals surface area contributed by atoms with Crippen molar-refractivity contribution in [3.8, 4) is 11.7 Å². The van der Waals surface area contributed by atoms with Gasteiger partial charge in [0.2, 0.25) is 0 Å². The lowest BCUT2D eigenvalue weighted by atomic mass is 10.1. The van der Waals surface area contributed by atoms with Gasteiger partial charge in [0.1, 0.15) is 5.58 Å². The number of furan rings is 1. The first-order chi connectivity index (χ1) is 11.1. The first-order valence-electron chi connectivity index (χ1n) is 7.57. The molecule has 0 aliphatic carbocycles. The van der Waals surface area contributed by atoms with Gasteiger partial charge in [-0.3, -0.25) is 4.90 Å². The average molecular weight is 377 g/mol. The Morgan fingerprint density at radius 3 is 3.09 bits per heavy atom. The summed E-state index contributed by atoms with van der Waals surface area (Å²) in [6.45, 7) is 4.77. The van der Waals surface area contributed by atoms with E-state index in [9.17, 15) is 0 Å². The van der Waals surface area contributed by atoms with Gasteiger partial charge in [0.25, 0.3) is 5.89 Å². The number of aromatic nitrogens is 2. The van der Waals surface area contributed by atoms with Gasteiger partial charge in [-0.05, 0) is 32.2 Å². The highest BCUT2D eigenvalue weighted by Gasteiger charge is 2.27. The third-order valence-corrected chi connectivity index (χ3v) is 4.84. The summed E-state index contributed by atoms with van der Waals surface area (Å²) in [6, 6.07) is 6.05. The van der Waals surface area contributed by atoms with Gasteiger partial charge >= 0.3 is 0 Å². The molecule has 1 saturated heterocycles. The number of nitrogens with zero attached hydrogens (tertiary/aromatic N) is 3. The zero-order valence-electron chi connectivity index (χ0n) is 13.0. The maximum atomic E-state index is 5.92. The molecule has 4 rings (SSSR count). The Labute approximate surface area is 142 Å². The summed E-state index contributed by atoms with van der Waals surface area (Å²) >= 11 is 3.49. The molecule has 0 saturated carbocycles. The lowest BCUT2D eigenvalue weighted by Crippen LogP contribution is -2.44. The Hall–Kier alpha value is -1.70. The van der Waals surface area contributed by atoms with E-state index in [1.165, 1.54) is 0 Å². The molecule has 0 amide bonds. The second kappa shape index (κ2) is 5.74. The van der Waals surface area contributed by atoms with E-state index in [1.807, 2.05) is 25.1 Å². The summed E-state index contributed by atoms with van der Waals surface area (Å²) in [5, 5.41) is 8.57. The molecule has 1 aliphatic rings. The van der Waals surface area contributed by atoms with Gasteiger partial charge in [0.15, 0.2) is 11.6 Å². The molecular weight excluding hydrogens is 360 g/mol. The molecule has 3 aromatic rings. The van der Waals surface area contributed by atoms with E-state index in [-0.39, 0.29) is 6.04 Å². The molecule has 1 N–H and O–H groups in total. The smallest absolute Gasteiger partial charge is 0.294 e. The number of fused-ring (bicyclic) bond motifs is 1. The second-order valence-electron chi connectivity index (χ2n) is 5.85. The molecule has 1 unspecified atom stereocenters. The summed E-state index contributed by atoms with van der Waals surface area (Å²) in [6.07, 6.45) is 0. The van der Waals surface area contributed by atoms with E-state index < -0.39 is 0 Å². The van der Waals surface area contributed by atoms with Gasteiger partial charge in [-0.25, -0.2) is 0 Å². The Bertz CT molecular complexity index is 857. The molecule has 0 bridgehead atoms. The van der Waals surface area contributed by atoms with Crippen LogP contribution in [0.4, 0.5) is 0 Å². The molecule has 120 valence electrons. The lowest BCUT2D eigenvalue weighted by molar-refractivity contribution is 0.190. The minimum absolute atomic E-state index is 0.125. The molecule has 3 heterocycles. The summed E-state index contributed by atoms with van der Waals surface area (Å²) in [5.74, 6) is 1.77. The lowest BCUT2D eigenvalue weighted by Gasteiger charge is -2.30. The Kier molecular flexibility index (Phi) is 3.71. The number of hydrogen-bond donors (Lipinski definition) is 1. The molecule has 0 spiro atoms. The molecule has 2 aromatic heterocycles. The van der Waals surface area contributed by atoms with Crippen molar-refractivity contribution in [2.45, 2.75) is 13.0 Å². The topological polar surface area (TPSA) is 67.3 Å². The summed E-state index contributed by atoms with van der Waals surface area (Å²) in [5.41, 5.74) is 1.82. The molecule has 1 atom stereocenters. The van der Waals surface area contributed by atoms with Crippen molar-refractivity contribution in [3.05, 3.63) is 34.1 Å². The third-order valence-electron chi connectivity index (χ3n) is 4.34. The van der Waals surface area contributed by atoms with Crippen LogP contribution in [0.2, 0.25) is 0 Å². The summed E-state index contributed by atoms with van der Waals surface area (Å²) in [4.78, 5) is 6.80. The van der Waals surface area contributed by atoms with E-state index in [0.29, 0.717) is 17.5 Å². The zero-order valence-corrected chi connectivity index (χ0v) is 14.6. The van der Waals surface area contributed by atoms with Crippen molar-refractivity contribution in [2.75, 3.05) is 26.7 Å². The fourth-order valence-electron chi connectivity index (χ4n) is 2.95. The number of hydrogen-bond acceptors (Lipinski definition) is 6. The minimum Gasteiger partial charge on any atom is -0.451 e. The van der Waals surface area contributed by atoms with E-state index >= 15 is 0 Å². The molecule has 0 radical (unpaired) electrons.